The molecule has 1 saturated carbocycles. The molecule has 0 aromatic heterocycles. The molecule has 1 atom stereocenters. The lowest BCUT2D eigenvalue weighted by atomic mass is 9.95. The van der Waals surface area contributed by atoms with Gasteiger partial charge in [0.1, 0.15) is 6.04 Å². The van der Waals surface area contributed by atoms with Crippen LogP contribution in [0.5, 0.6) is 0 Å². The molecule has 2 aromatic carbocycles. The maximum Gasteiger partial charge on any atom is 0.251 e. The number of nitrogens with one attached hydrogen (secondary N) is 2. The van der Waals surface area contributed by atoms with Gasteiger partial charge in [0.25, 0.3) is 5.91 Å². The number of hydrogen-bond donors (Lipinski definition) is 2. The van der Waals surface area contributed by atoms with Crippen molar-refractivity contribution in [1.29, 1.82) is 0 Å². The zero-order chi connectivity index (χ0) is 18.2. The topological polar surface area (TPSA) is 58.2 Å². The summed E-state index contributed by atoms with van der Waals surface area (Å²) in [5.74, 6) is -0.310. The molecule has 26 heavy (non-hydrogen) atoms. The fourth-order valence-corrected chi connectivity index (χ4v) is 3.44. The second-order valence-corrected chi connectivity index (χ2v) is 6.93. The van der Waals surface area contributed by atoms with Crippen molar-refractivity contribution in [1.82, 2.24) is 10.6 Å². The molecule has 1 unspecified atom stereocenters. The fraction of sp³-hybridized carbons (Fsp3) is 0.364. The second-order valence-electron chi connectivity index (χ2n) is 6.93. The zero-order valence-electron chi connectivity index (χ0n) is 15.0. The molecule has 0 radical (unpaired) electrons. The smallest absolute Gasteiger partial charge is 0.251 e. The van der Waals surface area contributed by atoms with Gasteiger partial charge in [-0.3, -0.25) is 9.59 Å². The van der Waals surface area contributed by atoms with Crippen molar-refractivity contribution in [2.45, 2.75) is 50.6 Å². The third-order valence-electron chi connectivity index (χ3n) is 4.89. The zero-order valence-corrected chi connectivity index (χ0v) is 15.0. The van der Waals surface area contributed by atoms with Gasteiger partial charge in [-0.25, -0.2) is 0 Å². The maximum atomic E-state index is 12.9. The summed E-state index contributed by atoms with van der Waals surface area (Å²) >= 11 is 0. The normalized spacial score (nSPS) is 15.8. The van der Waals surface area contributed by atoms with E-state index in [1.165, 1.54) is 6.42 Å². The van der Waals surface area contributed by atoms with E-state index in [-0.39, 0.29) is 17.9 Å². The Morgan fingerprint density at radius 1 is 0.885 bits per heavy atom. The number of hydrogen-bond acceptors (Lipinski definition) is 2. The van der Waals surface area contributed by atoms with Gasteiger partial charge in [-0.05, 0) is 30.5 Å². The van der Waals surface area contributed by atoms with Crippen LogP contribution >= 0.6 is 0 Å². The molecule has 0 spiro atoms. The van der Waals surface area contributed by atoms with E-state index < -0.39 is 6.04 Å². The Balaban J connectivity index is 1.70. The molecule has 4 nitrogen and oxygen atoms in total. The number of carbonyl (C=O) groups excluding carboxylic acids is 2. The molecule has 1 fully saturated rings. The van der Waals surface area contributed by atoms with Crippen LogP contribution in [-0.2, 0) is 11.2 Å². The molecule has 0 heterocycles. The van der Waals surface area contributed by atoms with Crippen LogP contribution in [0.2, 0.25) is 0 Å². The average molecular weight is 350 g/mol. The lowest BCUT2D eigenvalue weighted by Crippen LogP contribution is -2.51. The van der Waals surface area contributed by atoms with E-state index in [2.05, 4.69) is 10.6 Å². The van der Waals surface area contributed by atoms with Crippen LogP contribution in [-0.4, -0.2) is 23.9 Å². The summed E-state index contributed by atoms with van der Waals surface area (Å²) < 4.78 is 0. The minimum Gasteiger partial charge on any atom is -0.352 e. The highest BCUT2D eigenvalue weighted by Gasteiger charge is 2.25. The SMILES string of the molecule is O=C(NC(Cc1ccccc1)C(=O)NC1CCCCC1)c1ccccc1. The lowest BCUT2D eigenvalue weighted by Gasteiger charge is -2.26. The van der Waals surface area contributed by atoms with E-state index in [0.717, 1.165) is 31.2 Å². The number of benzene rings is 2. The monoisotopic (exact) mass is 350 g/mol. The van der Waals surface area contributed by atoms with Crippen LogP contribution in [0.1, 0.15) is 48.0 Å². The van der Waals surface area contributed by atoms with Gasteiger partial charge in [0, 0.05) is 18.0 Å². The number of rotatable bonds is 6. The summed E-state index contributed by atoms with van der Waals surface area (Å²) in [5.41, 5.74) is 1.60. The maximum absolute atomic E-state index is 12.9. The minimum atomic E-state index is -0.577. The quantitative estimate of drug-likeness (QED) is 0.838. The van der Waals surface area contributed by atoms with Crippen molar-refractivity contribution in [3.05, 3.63) is 71.8 Å². The predicted octanol–water partition coefficient (Wildman–Crippen LogP) is 3.48. The summed E-state index contributed by atoms with van der Waals surface area (Å²) in [6.45, 7) is 0. The summed E-state index contributed by atoms with van der Waals surface area (Å²) in [6, 6.07) is 18.5. The van der Waals surface area contributed by atoms with Gasteiger partial charge < -0.3 is 10.6 Å². The van der Waals surface area contributed by atoms with Crippen molar-refractivity contribution >= 4 is 11.8 Å². The summed E-state index contributed by atoms with van der Waals surface area (Å²) in [6.07, 6.45) is 6.09. The highest BCUT2D eigenvalue weighted by Crippen LogP contribution is 2.17. The highest BCUT2D eigenvalue weighted by molar-refractivity contribution is 5.97. The third-order valence-corrected chi connectivity index (χ3v) is 4.89. The molecular weight excluding hydrogens is 324 g/mol. The van der Waals surface area contributed by atoms with E-state index in [1.807, 2.05) is 48.5 Å². The van der Waals surface area contributed by atoms with Crippen molar-refractivity contribution in [3.63, 3.8) is 0 Å². The molecular formula is C22H26N2O2. The molecule has 1 aliphatic carbocycles. The van der Waals surface area contributed by atoms with Crippen LogP contribution in [0, 0.1) is 0 Å². The highest BCUT2D eigenvalue weighted by atomic mass is 16.2. The van der Waals surface area contributed by atoms with Gasteiger partial charge in [0.05, 0.1) is 0 Å². The Morgan fingerprint density at radius 2 is 1.50 bits per heavy atom. The van der Waals surface area contributed by atoms with Crippen LogP contribution in [0.3, 0.4) is 0 Å². The van der Waals surface area contributed by atoms with Gasteiger partial charge in [-0.15, -0.1) is 0 Å². The molecule has 0 saturated heterocycles. The Labute approximate surface area is 155 Å². The first-order valence-corrected chi connectivity index (χ1v) is 9.42. The van der Waals surface area contributed by atoms with Crippen LogP contribution < -0.4 is 10.6 Å². The van der Waals surface area contributed by atoms with E-state index in [1.54, 1.807) is 12.1 Å². The Hall–Kier alpha value is -2.62. The van der Waals surface area contributed by atoms with Crippen molar-refractivity contribution in [3.8, 4) is 0 Å². The average Bonchev–Trinajstić information content (AvgIpc) is 2.69. The summed E-state index contributed by atoms with van der Waals surface area (Å²) in [4.78, 5) is 25.4. The fourth-order valence-electron chi connectivity index (χ4n) is 3.44. The minimum absolute atomic E-state index is 0.0926. The molecule has 136 valence electrons. The van der Waals surface area contributed by atoms with Gasteiger partial charge in [0.15, 0.2) is 0 Å². The molecule has 0 aliphatic heterocycles. The van der Waals surface area contributed by atoms with Crippen molar-refractivity contribution in [2.75, 3.05) is 0 Å². The molecule has 2 amide bonds. The molecule has 2 aromatic rings. The second kappa shape index (κ2) is 9.18. The van der Waals surface area contributed by atoms with Crippen LogP contribution in [0.25, 0.3) is 0 Å². The van der Waals surface area contributed by atoms with E-state index in [0.29, 0.717) is 12.0 Å². The Bertz CT molecular complexity index is 709. The molecule has 3 rings (SSSR count). The van der Waals surface area contributed by atoms with Crippen molar-refractivity contribution < 1.29 is 9.59 Å². The predicted molar refractivity (Wildman–Crippen MR) is 103 cm³/mol. The standard InChI is InChI=1S/C22H26N2O2/c25-21(18-12-6-2-7-13-18)24-20(16-17-10-4-1-5-11-17)22(26)23-19-14-8-3-9-15-19/h1-2,4-7,10-13,19-20H,3,8-9,14-16H2,(H,23,26)(H,24,25). The Kier molecular flexibility index (Phi) is 6.42. The molecule has 0 bridgehead atoms. The van der Waals surface area contributed by atoms with E-state index in [9.17, 15) is 9.59 Å². The summed E-state index contributed by atoms with van der Waals surface area (Å²) in [7, 11) is 0. The van der Waals surface area contributed by atoms with Crippen molar-refractivity contribution in [2.24, 2.45) is 0 Å². The first-order chi connectivity index (χ1) is 12.7. The van der Waals surface area contributed by atoms with E-state index in [4.69, 9.17) is 0 Å². The molecule has 2 N–H and O–H groups in total. The lowest BCUT2D eigenvalue weighted by molar-refractivity contribution is -0.123. The van der Waals surface area contributed by atoms with Crippen LogP contribution in [0.15, 0.2) is 60.7 Å². The van der Waals surface area contributed by atoms with Gasteiger partial charge in [0.2, 0.25) is 5.91 Å². The van der Waals surface area contributed by atoms with Gasteiger partial charge in [-0.1, -0.05) is 67.8 Å². The third kappa shape index (κ3) is 5.19. The Morgan fingerprint density at radius 3 is 2.15 bits per heavy atom. The first-order valence-electron chi connectivity index (χ1n) is 9.42. The van der Waals surface area contributed by atoms with Gasteiger partial charge in [-0.2, -0.15) is 0 Å². The number of carbonyl (C=O) groups is 2. The molecule has 1 aliphatic rings. The largest absolute Gasteiger partial charge is 0.352 e. The first kappa shape index (κ1) is 18.2. The number of amides is 2. The van der Waals surface area contributed by atoms with Gasteiger partial charge >= 0.3 is 0 Å². The van der Waals surface area contributed by atoms with Crippen LogP contribution in [0.4, 0.5) is 0 Å². The molecule has 4 heteroatoms. The summed E-state index contributed by atoms with van der Waals surface area (Å²) in [5, 5.41) is 6.06. The van der Waals surface area contributed by atoms with E-state index >= 15 is 0 Å².